The minimum atomic E-state index is -0.158. The summed E-state index contributed by atoms with van der Waals surface area (Å²) in [7, 11) is 1.57. The second kappa shape index (κ2) is 4.27. The summed E-state index contributed by atoms with van der Waals surface area (Å²) in [4.78, 5) is 15.2. The maximum atomic E-state index is 10.9. The van der Waals surface area contributed by atoms with Crippen molar-refractivity contribution >= 4 is 27.5 Å². The van der Waals surface area contributed by atoms with Crippen LogP contribution in [0.1, 0.15) is 0 Å². The molecule has 0 saturated carbocycles. The Balaban J connectivity index is 2.12. The van der Waals surface area contributed by atoms with Crippen molar-refractivity contribution in [1.82, 2.24) is 10.3 Å². The minimum Gasteiger partial charge on any atom is -0.460 e. The summed E-state index contributed by atoms with van der Waals surface area (Å²) in [6.07, 6.45) is 0. The number of hydrogen-bond acceptors (Lipinski definition) is 4. The van der Waals surface area contributed by atoms with Gasteiger partial charge in [-0.15, -0.1) is 0 Å². The molecular weight excluding hydrogens is 212 g/mol. The highest BCUT2D eigenvalue weighted by atomic mass is 32.1. The molecule has 2 rings (SSSR count). The number of rotatable bonds is 3. The lowest BCUT2D eigenvalue weighted by Crippen LogP contribution is -2.24. The van der Waals surface area contributed by atoms with Gasteiger partial charge in [0.05, 0.1) is 10.2 Å². The van der Waals surface area contributed by atoms with Crippen molar-refractivity contribution in [2.24, 2.45) is 0 Å². The standard InChI is InChI=1S/C10H10N2O2S/c1-11-9(13)6-14-10-12-7-4-2-3-5-8(7)15-10/h2-5H,6H2,1H3,(H,11,13). The Hall–Kier alpha value is -1.62. The van der Waals surface area contributed by atoms with Gasteiger partial charge in [-0.3, -0.25) is 4.79 Å². The number of likely N-dealkylation sites (N-methyl/N-ethyl adjacent to an activating group) is 1. The summed E-state index contributed by atoms with van der Waals surface area (Å²) < 4.78 is 6.30. The fourth-order valence-electron chi connectivity index (χ4n) is 1.11. The first-order chi connectivity index (χ1) is 7.29. The van der Waals surface area contributed by atoms with E-state index in [-0.39, 0.29) is 12.5 Å². The molecule has 78 valence electrons. The molecule has 5 heteroatoms. The van der Waals surface area contributed by atoms with Crippen molar-refractivity contribution in [3.05, 3.63) is 24.3 Å². The third-order valence-corrected chi connectivity index (χ3v) is 2.83. The summed E-state index contributed by atoms with van der Waals surface area (Å²) in [6.45, 7) is 0.0102. The molecule has 1 N–H and O–H groups in total. The van der Waals surface area contributed by atoms with E-state index in [9.17, 15) is 4.79 Å². The number of nitrogens with one attached hydrogen (secondary N) is 1. The van der Waals surface area contributed by atoms with Gasteiger partial charge >= 0.3 is 0 Å². The van der Waals surface area contributed by atoms with E-state index in [1.54, 1.807) is 7.05 Å². The minimum absolute atomic E-state index is 0.0102. The Morgan fingerprint density at radius 2 is 2.33 bits per heavy atom. The smallest absolute Gasteiger partial charge is 0.274 e. The zero-order valence-corrected chi connectivity index (χ0v) is 9.00. The Kier molecular flexibility index (Phi) is 2.82. The van der Waals surface area contributed by atoms with E-state index >= 15 is 0 Å². The average molecular weight is 222 g/mol. The SMILES string of the molecule is CNC(=O)COc1nc2ccccc2s1. The topological polar surface area (TPSA) is 51.2 Å². The zero-order chi connectivity index (χ0) is 10.7. The molecule has 1 aromatic carbocycles. The van der Waals surface area contributed by atoms with Crippen LogP contribution in [0.15, 0.2) is 24.3 Å². The van der Waals surface area contributed by atoms with Crippen LogP contribution in [0.2, 0.25) is 0 Å². The lowest BCUT2D eigenvalue weighted by molar-refractivity contribution is -0.122. The molecule has 0 aliphatic carbocycles. The molecule has 1 aromatic heterocycles. The Bertz CT molecular complexity index is 448. The summed E-state index contributed by atoms with van der Waals surface area (Å²) in [5, 5.41) is 3.01. The van der Waals surface area contributed by atoms with E-state index < -0.39 is 0 Å². The molecule has 0 radical (unpaired) electrons. The normalized spacial score (nSPS) is 10.2. The van der Waals surface area contributed by atoms with Gasteiger partial charge in [0, 0.05) is 7.05 Å². The molecule has 0 saturated heterocycles. The van der Waals surface area contributed by atoms with Crippen LogP contribution in [0, 0.1) is 0 Å². The van der Waals surface area contributed by atoms with Crippen LogP contribution in [0.5, 0.6) is 5.19 Å². The van der Waals surface area contributed by atoms with Crippen molar-refractivity contribution < 1.29 is 9.53 Å². The number of thiazole rings is 1. The van der Waals surface area contributed by atoms with E-state index in [0.717, 1.165) is 10.2 Å². The molecule has 1 amide bonds. The molecule has 0 fully saturated rings. The zero-order valence-electron chi connectivity index (χ0n) is 8.19. The fourth-order valence-corrected chi connectivity index (χ4v) is 1.93. The van der Waals surface area contributed by atoms with Crippen molar-refractivity contribution in [2.75, 3.05) is 13.7 Å². The van der Waals surface area contributed by atoms with Crippen LogP contribution in [0.3, 0.4) is 0 Å². The first-order valence-corrected chi connectivity index (χ1v) is 5.30. The molecule has 0 aliphatic heterocycles. The number of hydrogen-bond donors (Lipinski definition) is 1. The number of para-hydroxylation sites is 1. The fraction of sp³-hybridized carbons (Fsp3) is 0.200. The van der Waals surface area contributed by atoms with Gasteiger partial charge in [-0.25, -0.2) is 4.98 Å². The van der Waals surface area contributed by atoms with Gasteiger partial charge in [-0.1, -0.05) is 23.5 Å². The first-order valence-electron chi connectivity index (χ1n) is 4.48. The maximum absolute atomic E-state index is 10.9. The van der Waals surface area contributed by atoms with Gasteiger partial charge in [0.25, 0.3) is 11.1 Å². The Morgan fingerprint density at radius 1 is 1.53 bits per heavy atom. The van der Waals surface area contributed by atoms with Gasteiger partial charge in [0.15, 0.2) is 6.61 Å². The number of ether oxygens (including phenoxy) is 1. The molecule has 0 aliphatic rings. The second-order valence-electron chi connectivity index (χ2n) is 2.91. The lowest BCUT2D eigenvalue weighted by atomic mass is 10.3. The Morgan fingerprint density at radius 3 is 3.07 bits per heavy atom. The summed E-state index contributed by atoms with van der Waals surface area (Å²) >= 11 is 1.44. The summed E-state index contributed by atoms with van der Waals surface area (Å²) in [5.74, 6) is -0.158. The molecule has 0 unspecified atom stereocenters. The van der Waals surface area contributed by atoms with Crippen LogP contribution >= 0.6 is 11.3 Å². The Labute approximate surface area is 90.9 Å². The molecular formula is C10H10N2O2S. The third-order valence-electron chi connectivity index (χ3n) is 1.88. The molecule has 0 spiro atoms. The highest BCUT2D eigenvalue weighted by molar-refractivity contribution is 7.20. The summed E-state index contributed by atoms with van der Waals surface area (Å²) in [5.41, 5.74) is 0.898. The van der Waals surface area contributed by atoms with E-state index in [1.165, 1.54) is 11.3 Å². The van der Waals surface area contributed by atoms with Gasteiger partial charge in [0.1, 0.15) is 0 Å². The number of carbonyl (C=O) groups is 1. The second-order valence-corrected chi connectivity index (χ2v) is 3.90. The number of carbonyl (C=O) groups excluding carboxylic acids is 1. The first kappa shape index (κ1) is 9.92. The number of benzene rings is 1. The van der Waals surface area contributed by atoms with Crippen LogP contribution < -0.4 is 10.1 Å². The van der Waals surface area contributed by atoms with Crippen molar-refractivity contribution in [2.45, 2.75) is 0 Å². The predicted molar refractivity (Wildman–Crippen MR) is 59.2 cm³/mol. The quantitative estimate of drug-likeness (QED) is 0.854. The molecule has 1 heterocycles. The van der Waals surface area contributed by atoms with Crippen LogP contribution in [-0.4, -0.2) is 24.5 Å². The van der Waals surface area contributed by atoms with Gasteiger partial charge in [-0.2, -0.15) is 0 Å². The van der Waals surface area contributed by atoms with E-state index in [2.05, 4.69) is 10.3 Å². The van der Waals surface area contributed by atoms with Crippen LogP contribution in [0.25, 0.3) is 10.2 Å². The average Bonchev–Trinajstić information content (AvgIpc) is 2.68. The lowest BCUT2D eigenvalue weighted by Gasteiger charge is -1.99. The number of fused-ring (bicyclic) bond motifs is 1. The van der Waals surface area contributed by atoms with Crippen molar-refractivity contribution in [3.63, 3.8) is 0 Å². The van der Waals surface area contributed by atoms with E-state index in [1.807, 2.05) is 24.3 Å². The molecule has 4 nitrogen and oxygen atoms in total. The summed E-state index contributed by atoms with van der Waals surface area (Å²) in [6, 6.07) is 7.76. The predicted octanol–water partition coefficient (Wildman–Crippen LogP) is 1.42. The molecule has 0 bridgehead atoms. The van der Waals surface area contributed by atoms with Gasteiger partial charge in [-0.05, 0) is 12.1 Å². The number of aromatic nitrogens is 1. The molecule has 15 heavy (non-hydrogen) atoms. The number of amides is 1. The molecule has 2 aromatic rings. The van der Waals surface area contributed by atoms with Crippen molar-refractivity contribution in [1.29, 1.82) is 0 Å². The van der Waals surface area contributed by atoms with Gasteiger partial charge < -0.3 is 10.1 Å². The highest BCUT2D eigenvalue weighted by Crippen LogP contribution is 2.26. The van der Waals surface area contributed by atoms with Crippen molar-refractivity contribution in [3.8, 4) is 5.19 Å². The van der Waals surface area contributed by atoms with E-state index in [0.29, 0.717) is 5.19 Å². The maximum Gasteiger partial charge on any atom is 0.274 e. The van der Waals surface area contributed by atoms with Gasteiger partial charge in [0.2, 0.25) is 0 Å². The number of nitrogens with zero attached hydrogens (tertiary/aromatic N) is 1. The largest absolute Gasteiger partial charge is 0.460 e. The van der Waals surface area contributed by atoms with E-state index in [4.69, 9.17) is 4.74 Å². The third kappa shape index (κ3) is 2.24. The van der Waals surface area contributed by atoms with Crippen LogP contribution in [-0.2, 0) is 4.79 Å². The highest BCUT2D eigenvalue weighted by Gasteiger charge is 2.05. The monoisotopic (exact) mass is 222 g/mol. The molecule has 0 atom stereocenters. The van der Waals surface area contributed by atoms with Crippen LogP contribution in [0.4, 0.5) is 0 Å².